The molecule has 0 bridgehead atoms. The summed E-state index contributed by atoms with van der Waals surface area (Å²) < 4.78 is 1.03. The molecule has 1 amide bonds. The molecule has 1 aromatic rings. The summed E-state index contributed by atoms with van der Waals surface area (Å²) in [5.41, 5.74) is 1.10. The van der Waals surface area contributed by atoms with E-state index >= 15 is 0 Å². The van der Waals surface area contributed by atoms with Crippen LogP contribution in [0.4, 0.5) is 0 Å². The number of halogens is 1. The smallest absolute Gasteiger partial charge is 0.224 e. The van der Waals surface area contributed by atoms with Gasteiger partial charge >= 0.3 is 0 Å². The molecular weight excluding hydrogens is 292 g/mol. The van der Waals surface area contributed by atoms with Gasteiger partial charge in [-0.15, -0.1) is 0 Å². The quantitative estimate of drug-likeness (QED) is 0.848. The first-order valence-corrected chi connectivity index (χ1v) is 7.10. The van der Waals surface area contributed by atoms with Crippen molar-refractivity contribution in [3.63, 3.8) is 0 Å². The van der Waals surface area contributed by atoms with Crippen molar-refractivity contribution in [3.05, 3.63) is 34.3 Å². The molecule has 18 heavy (non-hydrogen) atoms. The fraction of sp³-hybridized carbons (Fsp3) is 0.500. The highest BCUT2D eigenvalue weighted by Gasteiger charge is 2.15. The molecule has 0 saturated carbocycles. The number of nitrogens with one attached hydrogen (secondary N) is 2. The minimum absolute atomic E-state index is 0.0143. The lowest BCUT2D eigenvalue weighted by atomic mass is 10.1. The third kappa shape index (κ3) is 4.78. The van der Waals surface area contributed by atoms with Crippen molar-refractivity contribution < 1.29 is 4.79 Å². The van der Waals surface area contributed by atoms with Gasteiger partial charge in [0.25, 0.3) is 0 Å². The number of amides is 1. The molecular formula is C14H21BrN2O. The van der Waals surface area contributed by atoms with Crippen LogP contribution < -0.4 is 10.6 Å². The molecule has 0 aliphatic rings. The monoisotopic (exact) mass is 312 g/mol. The Morgan fingerprint density at radius 1 is 1.39 bits per heavy atom. The number of carbonyl (C=O) groups is 1. The third-order valence-electron chi connectivity index (χ3n) is 2.86. The Balaban J connectivity index is 2.54. The molecule has 0 heterocycles. The van der Waals surface area contributed by atoms with Crippen LogP contribution in [0.25, 0.3) is 0 Å². The maximum atomic E-state index is 12.0. The van der Waals surface area contributed by atoms with E-state index in [9.17, 15) is 4.79 Å². The van der Waals surface area contributed by atoms with Crippen molar-refractivity contribution in [2.24, 2.45) is 5.92 Å². The zero-order chi connectivity index (χ0) is 13.5. The van der Waals surface area contributed by atoms with Crippen LogP contribution in [0, 0.1) is 5.92 Å². The topological polar surface area (TPSA) is 41.1 Å². The molecule has 0 spiro atoms. The largest absolute Gasteiger partial charge is 0.349 e. The van der Waals surface area contributed by atoms with Crippen LogP contribution in [-0.2, 0) is 4.79 Å². The van der Waals surface area contributed by atoms with E-state index in [4.69, 9.17) is 0 Å². The molecule has 0 fully saturated rings. The number of carbonyl (C=O) groups excluding carboxylic acids is 1. The van der Waals surface area contributed by atoms with Crippen molar-refractivity contribution >= 4 is 21.8 Å². The summed E-state index contributed by atoms with van der Waals surface area (Å²) in [5.74, 6) is 0.0722. The second-order valence-electron chi connectivity index (χ2n) is 4.49. The minimum Gasteiger partial charge on any atom is -0.349 e. The highest BCUT2D eigenvalue weighted by molar-refractivity contribution is 9.10. The molecule has 0 radical (unpaired) electrons. The number of benzene rings is 1. The van der Waals surface area contributed by atoms with E-state index in [0.717, 1.165) is 16.6 Å². The summed E-state index contributed by atoms with van der Waals surface area (Å²) in [5, 5.41) is 6.22. The zero-order valence-corrected chi connectivity index (χ0v) is 12.8. The minimum atomic E-state index is -0.0143. The molecule has 2 N–H and O–H groups in total. The van der Waals surface area contributed by atoms with Gasteiger partial charge in [-0.2, -0.15) is 0 Å². The molecule has 0 aliphatic heterocycles. The summed E-state index contributed by atoms with van der Waals surface area (Å²) in [6.45, 7) is 7.58. The average molecular weight is 313 g/mol. The Labute approximate surface area is 117 Å². The number of hydrogen-bond acceptors (Lipinski definition) is 2. The van der Waals surface area contributed by atoms with Crippen molar-refractivity contribution in [1.82, 2.24) is 10.6 Å². The maximum Gasteiger partial charge on any atom is 0.224 e. The van der Waals surface area contributed by atoms with E-state index in [0.29, 0.717) is 6.54 Å². The predicted molar refractivity (Wildman–Crippen MR) is 78.4 cm³/mol. The molecule has 0 aliphatic carbocycles. The van der Waals surface area contributed by atoms with Gasteiger partial charge in [-0.1, -0.05) is 41.9 Å². The SMILES string of the molecule is CCNCC(C)C(=O)N[C@@H](C)c1cccc(Br)c1. The predicted octanol–water partition coefficient (Wildman–Crippen LogP) is 2.87. The summed E-state index contributed by atoms with van der Waals surface area (Å²) in [6, 6.07) is 8.03. The Kier molecular flexibility index (Phi) is 6.36. The first-order valence-electron chi connectivity index (χ1n) is 6.31. The molecule has 2 atom stereocenters. The average Bonchev–Trinajstić information content (AvgIpc) is 2.35. The molecule has 0 saturated heterocycles. The van der Waals surface area contributed by atoms with Gasteiger partial charge in [0.2, 0.25) is 5.91 Å². The summed E-state index contributed by atoms with van der Waals surface area (Å²) in [7, 11) is 0. The van der Waals surface area contributed by atoms with E-state index in [2.05, 4.69) is 26.6 Å². The summed E-state index contributed by atoms with van der Waals surface area (Å²) in [6.07, 6.45) is 0. The standard InChI is InChI=1S/C14H21BrN2O/c1-4-16-9-10(2)14(18)17-11(3)12-6-5-7-13(15)8-12/h5-8,10-11,16H,4,9H2,1-3H3,(H,17,18)/t10?,11-/m0/s1. The second-order valence-corrected chi connectivity index (χ2v) is 5.41. The molecule has 0 aromatic heterocycles. The Bertz CT molecular complexity index is 395. The second kappa shape index (κ2) is 7.54. The Morgan fingerprint density at radius 2 is 2.11 bits per heavy atom. The van der Waals surface area contributed by atoms with Crippen LogP contribution in [0.3, 0.4) is 0 Å². The highest BCUT2D eigenvalue weighted by atomic mass is 79.9. The van der Waals surface area contributed by atoms with Gasteiger partial charge in [-0.25, -0.2) is 0 Å². The molecule has 1 aromatic carbocycles. The van der Waals surface area contributed by atoms with Gasteiger partial charge in [-0.3, -0.25) is 4.79 Å². The molecule has 100 valence electrons. The van der Waals surface area contributed by atoms with Gasteiger partial charge in [-0.05, 0) is 31.2 Å². The summed E-state index contributed by atoms with van der Waals surface area (Å²) in [4.78, 5) is 12.0. The normalized spacial score (nSPS) is 14.0. The van der Waals surface area contributed by atoms with E-state index in [-0.39, 0.29) is 17.9 Å². The fourth-order valence-corrected chi connectivity index (χ4v) is 2.09. The van der Waals surface area contributed by atoms with Crippen molar-refractivity contribution in [3.8, 4) is 0 Å². The maximum absolute atomic E-state index is 12.0. The van der Waals surface area contributed by atoms with Crippen molar-refractivity contribution in [1.29, 1.82) is 0 Å². The summed E-state index contributed by atoms with van der Waals surface area (Å²) >= 11 is 3.44. The number of hydrogen-bond donors (Lipinski definition) is 2. The van der Waals surface area contributed by atoms with Crippen LogP contribution in [0.1, 0.15) is 32.4 Å². The van der Waals surface area contributed by atoms with Crippen molar-refractivity contribution in [2.45, 2.75) is 26.8 Å². The van der Waals surface area contributed by atoms with E-state index in [1.165, 1.54) is 0 Å². The van der Waals surface area contributed by atoms with Crippen molar-refractivity contribution in [2.75, 3.05) is 13.1 Å². The molecule has 1 rings (SSSR count). The molecule has 3 nitrogen and oxygen atoms in total. The van der Waals surface area contributed by atoms with Gasteiger partial charge in [0, 0.05) is 16.9 Å². The third-order valence-corrected chi connectivity index (χ3v) is 3.35. The van der Waals surface area contributed by atoms with Gasteiger partial charge in [0.05, 0.1) is 6.04 Å². The molecule has 4 heteroatoms. The van der Waals surface area contributed by atoms with Gasteiger partial charge < -0.3 is 10.6 Å². The Hall–Kier alpha value is -0.870. The van der Waals surface area contributed by atoms with Crippen LogP contribution in [0.15, 0.2) is 28.7 Å². The lowest BCUT2D eigenvalue weighted by molar-refractivity contribution is -0.125. The van der Waals surface area contributed by atoms with Crippen LogP contribution in [0.2, 0.25) is 0 Å². The first kappa shape index (κ1) is 15.2. The van der Waals surface area contributed by atoms with E-state index in [1.54, 1.807) is 0 Å². The lowest BCUT2D eigenvalue weighted by Gasteiger charge is -2.18. The van der Waals surface area contributed by atoms with E-state index in [1.807, 2.05) is 45.0 Å². The van der Waals surface area contributed by atoms with E-state index < -0.39 is 0 Å². The molecule has 1 unspecified atom stereocenters. The van der Waals surface area contributed by atoms with Crippen LogP contribution >= 0.6 is 15.9 Å². The number of rotatable bonds is 6. The zero-order valence-electron chi connectivity index (χ0n) is 11.2. The van der Waals surface area contributed by atoms with Gasteiger partial charge in [0.1, 0.15) is 0 Å². The van der Waals surface area contributed by atoms with Gasteiger partial charge in [0.15, 0.2) is 0 Å². The first-order chi connectivity index (χ1) is 8.54. The Morgan fingerprint density at radius 3 is 2.72 bits per heavy atom. The van der Waals surface area contributed by atoms with Crippen LogP contribution in [0.5, 0.6) is 0 Å². The van der Waals surface area contributed by atoms with Crippen LogP contribution in [-0.4, -0.2) is 19.0 Å². The fourth-order valence-electron chi connectivity index (χ4n) is 1.67. The highest BCUT2D eigenvalue weighted by Crippen LogP contribution is 2.18. The lowest BCUT2D eigenvalue weighted by Crippen LogP contribution is -2.36.